The van der Waals surface area contributed by atoms with Gasteiger partial charge in [0.2, 0.25) is 0 Å². The third kappa shape index (κ3) is 5.10. The predicted octanol–water partition coefficient (Wildman–Crippen LogP) is 2.98. The second kappa shape index (κ2) is 7.16. The molecule has 2 heterocycles. The maximum Gasteiger partial charge on any atom is 0.0164 e. The lowest BCUT2D eigenvalue weighted by atomic mass is 9.88. The van der Waals surface area contributed by atoms with Gasteiger partial charge in [0, 0.05) is 24.9 Å². The molecule has 2 nitrogen and oxygen atoms in total. The van der Waals surface area contributed by atoms with Crippen molar-refractivity contribution in [2.45, 2.75) is 52.0 Å². The zero-order valence-electron chi connectivity index (χ0n) is 12.2. The number of nitrogens with one attached hydrogen (secondary N) is 1. The molecule has 2 fully saturated rings. The Labute approximate surface area is 117 Å². The number of hydrogen-bond acceptors (Lipinski definition) is 3. The molecule has 0 bridgehead atoms. The van der Waals surface area contributed by atoms with Crippen molar-refractivity contribution >= 4 is 11.8 Å². The highest BCUT2D eigenvalue weighted by molar-refractivity contribution is 7.99. The summed E-state index contributed by atoms with van der Waals surface area (Å²) in [5.74, 6) is 2.64. The average Bonchev–Trinajstić information content (AvgIpc) is 2.56. The standard InChI is InChI=1S/C15H30N2S/c1-15(2)11-14(12-18-13-15)16-7-10-17-8-5-3-4-6-9-17/h14,16H,3-13H2,1-2H3. The van der Waals surface area contributed by atoms with E-state index in [0.717, 1.165) is 6.04 Å². The highest BCUT2D eigenvalue weighted by Crippen LogP contribution is 2.33. The van der Waals surface area contributed by atoms with Gasteiger partial charge in [0.1, 0.15) is 0 Å². The molecule has 2 aliphatic rings. The smallest absolute Gasteiger partial charge is 0.0164 e. The molecular weight excluding hydrogens is 240 g/mol. The first-order valence-electron chi connectivity index (χ1n) is 7.69. The molecular formula is C15H30N2S. The van der Waals surface area contributed by atoms with E-state index in [0.29, 0.717) is 5.41 Å². The fraction of sp³-hybridized carbons (Fsp3) is 1.00. The first-order valence-corrected chi connectivity index (χ1v) is 8.85. The van der Waals surface area contributed by atoms with Crippen LogP contribution < -0.4 is 5.32 Å². The van der Waals surface area contributed by atoms with Crippen molar-refractivity contribution in [2.24, 2.45) is 5.41 Å². The molecule has 106 valence electrons. The summed E-state index contributed by atoms with van der Waals surface area (Å²) in [5.41, 5.74) is 0.531. The normalized spacial score (nSPS) is 30.0. The molecule has 0 amide bonds. The molecule has 0 radical (unpaired) electrons. The second-order valence-electron chi connectivity index (χ2n) is 6.79. The van der Waals surface area contributed by atoms with E-state index in [1.807, 2.05) is 0 Å². The zero-order valence-corrected chi connectivity index (χ0v) is 13.0. The van der Waals surface area contributed by atoms with Crippen LogP contribution in [0.2, 0.25) is 0 Å². The van der Waals surface area contributed by atoms with Gasteiger partial charge in [-0.3, -0.25) is 0 Å². The van der Waals surface area contributed by atoms with Crippen LogP contribution in [0.3, 0.4) is 0 Å². The SMILES string of the molecule is CC1(C)CSCC(NCCN2CCCCCC2)C1. The minimum Gasteiger partial charge on any atom is -0.312 e. The van der Waals surface area contributed by atoms with Gasteiger partial charge in [-0.05, 0) is 43.5 Å². The van der Waals surface area contributed by atoms with Gasteiger partial charge in [-0.1, -0.05) is 26.7 Å². The first kappa shape index (κ1) is 14.7. The van der Waals surface area contributed by atoms with Crippen LogP contribution >= 0.6 is 11.8 Å². The van der Waals surface area contributed by atoms with Gasteiger partial charge in [-0.2, -0.15) is 11.8 Å². The molecule has 1 atom stereocenters. The van der Waals surface area contributed by atoms with Gasteiger partial charge in [0.25, 0.3) is 0 Å². The maximum atomic E-state index is 3.78. The minimum absolute atomic E-state index is 0.531. The fourth-order valence-corrected chi connectivity index (χ4v) is 4.49. The largest absolute Gasteiger partial charge is 0.312 e. The molecule has 0 aromatic rings. The average molecular weight is 270 g/mol. The summed E-state index contributed by atoms with van der Waals surface area (Å²) in [6.07, 6.45) is 7.05. The summed E-state index contributed by atoms with van der Waals surface area (Å²) < 4.78 is 0. The number of thioether (sulfide) groups is 1. The van der Waals surface area contributed by atoms with Crippen LogP contribution in [0.4, 0.5) is 0 Å². The Bertz CT molecular complexity index is 235. The Hall–Kier alpha value is 0.270. The highest BCUT2D eigenvalue weighted by atomic mass is 32.2. The molecule has 3 heteroatoms. The Morgan fingerprint density at radius 2 is 1.89 bits per heavy atom. The maximum absolute atomic E-state index is 3.78. The molecule has 0 aliphatic carbocycles. The number of rotatable bonds is 4. The molecule has 0 aromatic heterocycles. The summed E-state index contributed by atoms with van der Waals surface area (Å²) in [5, 5.41) is 3.78. The van der Waals surface area contributed by atoms with Crippen molar-refractivity contribution in [3.63, 3.8) is 0 Å². The predicted molar refractivity (Wildman–Crippen MR) is 82.4 cm³/mol. The molecule has 2 saturated heterocycles. The van der Waals surface area contributed by atoms with Gasteiger partial charge >= 0.3 is 0 Å². The van der Waals surface area contributed by atoms with Crippen molar-refractivity contribution in [1.82, 2.24) is 10.2 Å². The second-order valence-corrected chi connectivity index (χ2v) is 7.82. The zero-order chi connectivity index (χ0) is 12.8. The molecule has 0 saturated carbocycles. The van der Waals surface area contributed by atoms with Crippen LogP contribution in [-0.2, 0) is 0 Å². The molecule has 0 spiro atoms. The molecule has 1 unspecified atom stereocenters. The van der Waals surface area contributed by atoms with Crippen LogP contribution in [0.15, 0.2) is 0 Å². The first-order chi connectivity index (χ1) is 8.66. The third-order valence-corrected chi connectivity index (χ3v) is 5.79. The van der Waals surface area contributed by atoms with Crippen LogP contribution in [0.1, 0.15) is 46.0 Å². The van der Waals surface area contributed by atoms with Crippen LogP contribution in [0.5, 0.6) is 0 Å². The van der Waals surface area contributed by atoms with Crippen molar-refractivity contribution in [2.75, 3.05) is 37.7 Å². The summed E-state index contributed by atoms with van der Waals surface area (Å²) in [6, 6.07) is 0.741. The van der Waals surface area contributed by atoms with Crippen molar-refractivity contribution in [3.05, 3.63) is 0 Å². The number of hydrogen-bond donors (Lipinski definition) is 1. The lowest BCUT2D eigenvalue weighted by Crippen LogP contribution is -2.43. The molecule has 2 rings (SSSR count). The lowest BCUT2D eigenvalue weighted by Gasteiger charge is -2.35. The van der Waals surface area contributed by atoms with E-state index in [1.54, 1.807) is 0 Å². The van der Waals surface area contributed by atoms with Crippen LogP contribution in [-0.4, -0.2) is 48.6 Å². The van der Waals surface area contributed by atoms with E-state index in [9.17, 15) is 0 Å². The summed E-state index contributed by atoms with van der Waals surface area (Å²) in [7, 11) is 0. The summed E-state index contributed by atoms with van der Waals surface area (Å²) in [6.45, 7) is 9.90. The fourth-order valence-electron chi connectivity index (χ4n) is 3.18. The highest BCUT2D eigenvalue weighted by Gasteiger charge is 2.27. The quantitative estimate of drug-likeness (QED) is 0.845. The van der Waals surface area contributed by atoms with E-state index in [4.69, 9.17) is 0 Å². The molecule has 18 heavy (non-hydrogen) atoms. The molecule has 1 N–H and O–H groups in total. The van der Waals surface area contributed by atoms with Crippen molar-refractivity contribution in [3.8, 4) is 0 Å². The minimum atomic E-state index is 0.531. The van der Waals surface area contributed by atoms with Gasteiger partial charge in [-0.25, -0.2) is 0 Å². The van der Waals surface area contributed by atoms with Crippen LogP contribution in [0.25, 0.3) is 0 Å². The van der Waals surface area contributed by atoms with E-state index < -0.39 is 0 Å². The van der Waals surface area contributed by atoms with Gasteiger partial charge < -0.3 is 10.2 Å². The molecule has 0 aromatic carbocycles. The van der Waals surface area contributed by atoms with E-state index in [1.165, 1.54) is 69.8 Å². The monoisotopic (exact) mass is 270 g/mol. The third-order valence-electron chi connectivity index (χ3n) is 4.17. The van der Waals surface area contributed by atoms with Gasteiger partial charge in [-0.15, -0.1) is 0 Å². The number of nitrogens with zero attached hydrogens (tertiary/aromatic N) is 1. The van der Waals surface area contributed by atoms with E-state index in [-0.39, 0.29) is 0 Å². The lowest BCUT2D eigenvalue weighted by molar-refractivity contribution is 0.266. The van der Waals surface area contributed by atoms with Crippen molar-refractivity contribution < 1.29 is 0 Å². The molecule has 2 aliphatic heterocycles. The Kier molecular flexibility index (Phi) is 5.84. The Morgan fingerprint density at radius 1 is 1.17 bits per heavy atom. The van der Waals surface area contributed by atoms with Gasteiger partial charge in [0.15, 0.2) is 0 Å². The number of likely N-dealkylation sites (tertiary alicyclic amines) is 1. The van der Waals surface area contributed by atoms with E-state index >= 15 is 0 Å². The topological polar surface area (TPSA) is 15.3 Å². The Morgan fingerprint density at radius 3 is 2.56 bits per heavy atom. The van der Waals surface area contributed by atoms with Gasteiger partial charge in [0.05, 0.1) is 0 Å². The summed E-state index contributed by atoms with van der Waals surface area (Å²) >= 11 is 2.12. The Balaban J connectivity index is 1.62. The van der Waals surface area contributed by atoms with Crippen LogP contribution in [0, 0.1) is 5.41 Å². The summed E-state index contributed by atoms with van der Waals surface area (Å²) in [4.78, 5) is 2.65. The van der Waals surface area contributed by atoms with E-state index in [2.05, 4.69) is 35.8 Å². The van der Waals surface area contributed by atoms with Crippen molar-refractivity contribution in [1.29, 1.82) is 0 Å².